The molecular formula is C27H30N2O4S. The maximum atomic E-state index is 13.3. The van der Waals surface area contributed by atoms with Gasteiger partial charge < -0.3 is 10.1 Å². The smallest absolute Gasteiger partial charge is 0.246 e. The van der Waals surface area contributed by atoms with Crippen molar-refractivity contribution in [3.05, 3.63) is 95.6 Å². The second-order valence-corrected chi connectivity index (χ2v) is 10.5. The monoisotopic (exact) mass is 478 g/mol. The molecule has 178 valence electrons. The minimum absolute atomic E-state index is 0.0529. The van der Waals surface area contributed by atoms with Gasteiger partial charge in [-0.1, -0.05) is 66.7 Å². The molecule has 0 saturated carbocycles. The van der Waals surface area contributed by atoms with Gasteiger partial charge >= 0.3 is 0 Å². The number of ether oxygens (including phenoxy) is 1. The van der Waals surface area contributed by atoms with Crippen LogP contribution in [0.15, 0.2) is 83.8 Å². The van der Waals surface area contributed by atoms with E-state index >= 15 is 0 Å². The summed E-state index contributed by atoms with van der Waals surface area (Å²) < 4.78 is 33.3. The van der Waals surface area contributed by atoms with Crippen molar-refractivity contribution in [3.63, 3.8) is 0 Å². The van der Waals surface area contributed by atoms with E-state index in [4.69, 9.17) is 4.74 Å². The van der Waals surface area contributed by atoms with Crippen molar-refractivity contribution >= 4 is 15.9 Å². The standard InChI is InChI=1S/C27H30N2O4S/c1-20-13-14-24(33-2)25(19-20)34(31,32)29-17-15-23(16-18-29)27(30)28-26(21-9-5-3-6-10-21)22-11-7-4-8-12-22/h3-14,19,23,26H,15-18H2,1-2H3,(H,28,30). The number of methoxy groups -OCH3 is 1. The van der Waals surface area contributed by atoms with Crippen molar-refractivity contribution in [2.75, 3.05) is 20.2 Å². The first-order valence-electron chi connectivity index (χ1n) is 11.4. The molecule has 1 aliphatic rings. The topological polar surface area (TPSA) is 75.7 Å². The van der Waals surface area contributed by atoms with E-state index in [1.165, 1.54) is 11.4 Å². The largest absolute Gasteiger partial charge is 0.495 e. The number of carbonyl (C=O) groups is 1. The molecule has 0 aliphatic carbocycles. The first kappa shape index (κ1) is 24.0. The van der Waals surface area contributed by atoms with E-state index in [1.807, 2.05) is 73.7 Å². The van der Waals surface area contributed by atoms with Crippen LogP contribution >= 0.6 is 0 Å². The molecule has 3 aromatic carbocycles. The van der Waals surface area contributed by atoms with Crippen LogP contribution in [0.25, 0.3) is 0 Å². The van der Waals surface area contributed by atoms with Gasteiger partial charge in [0.05, 0.1) is 13.2 Å². The number of benzene rings is 3. The Morgan fingerprint density at radius 2 is 1.50 bits per heavy atom. The first-order chi connectivity index (χ1) is 16.4. The maximum Gasteiger partial charge on any atom is 0.246 e. The number of aryl methyl sites for hydroxylation is 1. The number of rotatable bonds is 7. The van der Waals surface area contributed by atoms with Crippen LogP contribution in [0.2, 0.25) is 0 Å². The SMILES string of the molecule is COc1ccc(C)cc1S(=O)(=O)N1CCC(C(=O)NC(c2ccccc2)c2ccccc2)CC1. The zero-order valence-corrected chi connectivity index (χ0v) is 20.3. The fourth-order valence-corrected chi connectivity index (χ4v) is 6.10. The van der Waals surface area contributed by atoms with Gasteiger partial charge in [0.15, 0.2) is 0 Å². The van der Waals surface area contributed by atoms with Crippen molar-refractivity contribution < 1.29 is 17.9 Å². The molecule has 3 aromatic rings. The van der Waals surface area contributed by atoms with Gasteiger partial charge in [-0.2, -0.15) is 4.31 Å². The summed E-state index contributed by atoms with van der Waals surface area (Å²) in [6.07, 6.45) is 0.936. The Balaban J connectivity index is 1.46. The number of hydrogen-bond donors (Lipinski definition) is 1. The number of nitrogens with zero attached hydrogens (tertiary/aromatic N) is 1. The highest BCUT2D eigenvalue weighted by Crippen LogP contribution is 2.31. The Morgan fingerprint density at radius 3 is 2.03 bits per heavy atom. The normalized spacial score (nSPS) is 15.3. The average Bonchev–Trinajstić information content (AvgIpc) is 2.88. The van der Waals surface area contributed by atoms with Crippen LogP contribution < -0.4 is 10.1 Å². The minimum Gasteiger partial charge on any atom is -0.495 e. The third-order valence-corrected chi connectivity index (χ3v) is 8.23. The quantitative estimate of drug-likeness (QED) is 0.549. The molecule has 0 bridgehead atoms. The Morgan fingerprint density at radius 1 is 0.941 bits per heavy atom. The minimum atomic E-state index is -3.71. The van der Waals surface area contributed by atoms with E-state index in [2.05, 4.69) is 5.32 Å². The zero-order chi connectivity index (χ0) is 24.1. The Hall–Kier alpha value is -3.16. The van der Waals surface area contributed by atoms with Gasteiger partial charge in [-0.05, 0) is 48.6 Å². The summed E-state index contributed by atoms with van der Waals surface area (Å²) in [6.45, 7) is 2.43. The Bertz CT molecular complexity index is 1180. The van der Waals surface area contributed by atoms with E-state index in [-0.39, 0.29) is 22.8 Å². The predicted octanol–water partition coefficient (Wildman–Crippen LogP) is 4.31. The average molecular weight is 479 g/mol. The van der Waals surface area contributed by atoms with Crippen LogP contribution in [0.5, 0.6) is 5.75 Å². The lowest BCUT2D eigenvalue weighted by Crippen LogP contribution is -2.43. The molecule has 6 nitrogen and oxygen atoms in total. The van der Waals surface area contributed by atoms with E-state index in [0.717, 1.165) is 16.7 Å². The molecule has 0 unspecified atom stereocenters. The maximum absolute atomic E-state index is 13.3. The van der Waals surface area contributed by atoms with E-state index in [9.17, 15) is 13.2 Å². The molecule has 0 atom stereocenters. The van der Waals surface area contributed by atoms with Crippen LogP contribution in [0.3, 0.4) is 0 Å². The van der Waals surface area contributed by atoms with Crippen LogP contribution in [0.1, 0.15) is 35.6 Å². The van der Waals surface area contributed by atoms with Crippen LogP contribution in [0.4, 0.5) is 0 Å². The molecule has 1 saturated heterocycles. The molecule has 0 spiro atoms. The Kier molecular flexibility index (Phi) is 7.34. The van der Waals surface area contributed by atoms with Crippen molar-refractivity contribution in [1.82, 2.24) is 9.62 Å². The summed E-state index contributed by atoms with van der Waals surface area (Å²) in [7, 11) is -2.24. The lowest BCUT2D eigenvalue weighted by molar-refractivity contribution is -0.126. The van der Waals surface area contributed by atoms with Crippen molar-refractivity contribution in [3.8, 4) is 5.75 Å². The highest BCUT2D eigenvalue weighted by molar-refractivity contribution is 7.89. The number of sulfonamides is 1. The third kappa shape index (κ3) is 5.16. The van der Waals surface area contributed by atoms with E-state index in [1.54, 1.807) is 12.1 Å². The molecule has 1 aliphatic heterocycles. The van der Waals surface area contributed by atoms with Gasteiger partial charge in [-0.3, -0.25) is 4.79 Å². The number of amides is 1. The number of hydrogen-bond acceptors (Lipinski definition) is 4. The lowest BCUT2D eigenvalue weighted by Gasteiger charge is -2.32. The molecular weight excluding hydrogens is 448 g/mol. The van der Waals surface area contributed by atoms with Crippen LogP contribution in [-0.2, 0) is 14.8 Å². The fraction of sp³-hybridized carbons (Fsp3) is 0.296. The van der Waals surface area contributed by atoms with Crippen LogP contribution in [-0.4, -0.2) is 38.8 Å². The fourth-order valence-electron chi connectivity index (χ4n) is 4.39. The predicted molar refractivity (Wildman–Crippen MR) is 132 cm³/mol. The molecule has 34 heavy (non-hydrogen) atoms. The summed E-state index contributed by atoms with van der Waals surface area (Å²) in [5.41, 5.74) is 2.86. The molecule has 1 heterocycles. The second kappa shape index (κ2) is 10.4. The number of piperidine rings is 1. The van der Waals surface area contributed by atoms with Gasteiger partial charge in [0.1, 0.15) is 10.6 Å². The van der Waals surface area contributed by atoms with E-state index < -0.39 is 10.0 Å². The summed E-state index contributed by atoms with van der Waals surface area (Å²) in [4.78, 5) is 13.4. The van der Waals surface area contributed by atoms with Gasteiger partial charge in [0.2, 0.25) is 15.9 Å². The first-order valence-corrected chi connectivity index (χ1v) is 12.9. The lowest BCUT2D eigenvalue weighted by atomic mass is 9.94. The van der Waals surface area contributed by atoms with Gasteiger partial charge in [0, 0.05) is 19.0 Å². The molecule has 1 fully saturated rings. The molecule has 7 heteroatoms. The van der Waals surface area contributed by atoms with Crippen molar-refractivity contribution in [2.24, 2.45) is 5.92 Å². The number of nitrogens with one attached hydrogen (secondary N) is 1. The summed E-state index contributed by atoms with van der Waals surface area (Å²) in [6, 6.07) is 24.6. The summed E-state index contributed by atoms with van der Waals surface area (Å²) in [5, 5.41) is 3.20. The molecule has 0 aromatic heterocycles. The third-order valence-electron chi connectivity index (χ3n) is 6.31. The van der Waals surface area contributed by atoms with E-state index in [0.29, 0.717) is 31.7 Å². The highest BCUT2D eigenvalue weighted by atomic mass is 32.2. The zero-order valence-electron chi connectivity index (χ0n) is 19.5. The highest BCUT2D eigenvalue weighted by Gasteiger charge is 2.34. The van der Waals surface area contributed by atoms with Crippen molar-refractivity contribution in [1.29, 1.82) is 0 Å². The summed E-state index contributed by atoms with van der Waals surface area (Å²) in [5.74, 6) is 0.0303. The van der Waals surface area contributed by atoms with Gasteiger partial charge in [-0.25, -0.2) is 8.42 Å². The van der Waals surface area contributed by atoms with Gasteiger partial charge in [0.25, 0.3) is 0 Å². The molecule has 1 N–H and O–H groups in total. The molecule has 4 rings (SSSR count). The summed E-state index contributed by atoms with van der Waals surface area (Å²) >= 11 is 0. The number of carbonyl (C=O) groups excluding carboxylic acids is 1. The second-order valence-electron chi connectivity index (χ2n) is 8.60. The van der Waals surface area contributed by atoms with Crippen LogP contribution in [0, 0.1) is 12.8 Å². The molecule has 0 radical (unpaired) electrons. The molecule has 1 amide bonds. The van der Waals surface area contributed by atoms with Gasteiger partial charge in [-0.15, -0.1) is 0 Å². The Labute approximate surface area is 201 Å². The van der Waals surface area contributed by atoms with Crippen molar-refractivity contribution in [2.45, 2.75) is 30.7 Å².